The Labute approximate surface area is 151 Å². The van der Waals surface area contributed by atoms with Crippen molar-refractivity contribution in [2.75, 3.05) is 25.0 Å². The number of pyridine rings is 1. The molecule has 0 saturated carbocycles. The average molecular weight is 354 g/mol. The van der Waals surface area contributed by atoms with Gasteiger partial charge in [-0.25, -0.2) is 0 Å². The van der Waals surface area contributed by atoms with Gasteiger partial charge in [0, 0.05) is 18.8 Å². The zero-order valence-corrected chi connectivity index (χ0v) is 14.9. The van der Waals surface area contributed by atoms with E-state index in [4.69, 9.17) is 4.42 Å². The van der Waals surface area contributed by atoms with Crippen molar-refractivity contribution >= 4 is 22.3 Å². The van der Waals surface area contributed by atoms with Gasteiger partial charge < -0.3 is 9.73 Å². The number of hydrogen-bond acceptors (Lipinski definition) is 6. The molecular formula is C19H22N4O3. The van der Waals surface area contributed by atoms with Gasteiger partial charge in [-0.3, -0.25) is 20.0 Å². The van der Waals surface area contributed by atoms with Crippen LogP contribution in [0.5, 0.6) is 0 Å². The second-order valence-corrected chi connectivity index (χ2v) is 5.92. The largest absolute Gasteiger partial charge is 0.468 e. The first-order valence-electron chi connectivity index (χ1n) is 8.69. The Kier molecular flexibility index (Phi) is 5.48. The summed E-state index contributed by atoms with van der Waals surface area (Å²) in [6.45, 7) is 6.62. The van der Waals surface area contributed by atoms with Gasteiger partial charge in [0.25, 0.3) is 5.69 Å². The van der Waals surface area contributed by atoms with Gasteiger partial charge in [-0.2, -0.15) is 0 Å². The van der Waals surface area contributed by atoms with E-state index >= 15 is 0 Å². The van der Waals surface area contributed by atoms with Crippen molar-refractivity contribution < 1.29 is 9.34 Å². The highest BCUT2D eigenvalue weighted by molar-refractivity contribution is 5.96. The molecule has 0 aliphatic heterocycles. The molecule has 0 aliphatic rings. The Hall–Kier alpha value is -2.93. The number of fused-ring (bicyclic) bond motifs is 1. The van der Waals surface area contributed by atoms with E-state index in [1.165, 1.54) is 6.07 Å². The number of benzene rings is 1. The zero-order valence-electron chi connectivity index (χ0n) is 14.9. The zero-order chi connectivity index (χ0) is 18.5. The number of rotatable bonds is 8. The predicted octanol–water partition coefficient (Wildman–Crippen LogP) is 4.23. The molecule has 0 radical (unpaired) electrons. The fourth-order valence-electron chi connectivity index (χ4n) is 3.22. The van der Waals surface area contributed by atoms with Gasteiger partial charge in [0.05, 0.1) is 28.3 Å². The van der Waals surface area contributed by atoms with E-state index in [1.54, 1.807) is 30.7 Å². The van der Waals surface area contributed by atoms with Gasteiger partial charge in [-0.15, -0.1) is 0 Å². The highest BCUT2D eigenvalue weighted by Gasteiger charge is 2.21. The van der Waals surface area contributed by atoms with Crippen molar-refractivity contribution in [1.82, 2.24) is 9.88 Å². The highest BCUT2D eigenvalue weighted by atomic mass is 16.6. The minimum absolute atomic E-state index is 0.0602. The van der Waals surface area contributed by atoms with Gasteiger partial charge in [0.1, 0.15) is 11.3 Å². The Balaban J connectivity index is 1.91. The summed E-state index contributed by atoms with van der Waals surface area (Å²) in [4.78, 5) is 17.5. The van der Waals surface area contributed by atoms with Crippen molar-refractivity contribution in [2.24, 2.45) is 0 Å². The molecule has 0 spiro atoms. The van der Waals surface area contributed by atoms with Crippen LogP contribution in [-0.2, 0) is 0 Å². The topological polar surface area (TPSA) is 84.4 Å². The molecule has 2 heterocycles. The minimum Gasteiger partial charge on any atom is -0.468 e. The molecule has 136 valence electrons. The minimum atomic E-state index is -0.380. The number of likely N-dealkylation sites (N-methyl/N-ethyl adjacent to an activating group) is 1. The van der Waals surface area contributed by atoms with Crippen LogP contribution >= 0.6 is 0 Å². The number of non-ortho nitro benzene ring substituents is 1. The van der Waals surface area contributed by atoms with Crippen molar-refractivity contribution in [3.63, 3.8) is 0 Å². The maximum absolute atomic E-state index is 11.3. The number of anilines is 1. The van der Waals surface area contributed by atoms with E-state index in [2.05, 4.69) is 29.0 Å². The molecule has 0 aliphatic carbocycles. The average Bonchev–Trinajstić information content (AvgIpc) is 3.19. The van der Waals surface area contributed by atoms with E-state index in [9.17, 15) is 10.1 Å². The lowest BCUT2D eigenvalue weighted by molar-refractivity contribution is -0.383. The van der Waals surface area contributed by atoms with Gasteiger partial charge in [-0.05, 0) is 43.4 Å². The second kappa shape index (κ2) is 7.97. The first kappa shape index (κ1) is 17.9. The molecule has 2 aromatic heterocycles. The van der Waals surface area contributed by atoms with E-state index < -0.39 is 0 Å². The van der Waals surface area contributed by atoms with Gasteiger partial charge >= 0.3 is 0 Å². The quantitative estimate of drug-likeness (QED) is 0.481. The lowest BCUT2D eigenvalue weighted by Crippen LogP contribution is -2.33. The Bertz CT molecular complexity index is 876. The first-order valence-corrected chi connectivity index (χ1v) is 8.69. The molecule has 1 unspecified atom stereocenters. The second-order valence-electron chi connectivity index (χ2n) is 5.92. The molecule has 1 aromatic carbocycles. The van der Waals surface area contributed by atoms with Crippen LogP contribution in [0.4, 0.5) is 11.4 Å². The summed E-state index contributed by atoms with van der Waals surface area (Å²) < 4.78 is 5.62. The Morgan fingerprint density at radius 2 is 2.04 bits per heavy atom. The van der Waals surface area contributed by atoms with Crippen molar-refractivity contribution in [1.29, 1.82) is 0 Å². The molecule has 0 amide bonds. The number of aromatic nitrogens is 1. The third-order valence-electron chi connectivity index (χ3n) is 4.55. The van der Waals surface area contributed by atoms with Gasteiger partial charge in [0.2, 0.25) is 0 Å². The van der Waals surface area contributed by atoms with E-state index in [0.29, 0.717) is 17.4 Å². The van der Waals surface area contributed by atoms with Crippen LogP contribution in [0.1, 0.15) is 25.6 Å². The summed E-state index contributed by atoms with van der Waals surface area (Å²) in [5.74, 6) is 0.889. The number of nitrogens with one attached hydrogen (secondary N) is 1. The molecule has 1 N–H and O–H groups in total. The molecule has 7 heteroatoms. The fourth-order valence-corrected chi connectivity index (χ4v) is 3.22. The number of nitro benzene ring substituents is 1. The summed E-state index contributed by atoms with van der Waals surface area (Å²) in [6, 6.07) is 10.6. The number of nitrogens with zero attached hydrogens (tertiary/aromatic N) is 3. The summed E-state index contributed by atoms with van der Waals surface area (Å²) >= 11 is 0. The van der Waals surface area contributed by atoms with Crippen LogP contribution in [-0.4, -0.2) is 34.4 Å². The predicted molar refractivity (Wildman–Crippen MR) is 101 cm³/mol. The van der Waals surface area contributed by atoms with Crippen LogP contribution in [0.25, 0.3) is 10.9 Å². The van der Waals surface area contributed by atoms with Crippen LogP contribution in [0.2, 0.25) is 0 Å². The number of furan rings is 1. The van der Waals surface area contributed by atoms with Crippen LogP contribution in [0.15, 0.2) is 53.3 Å². The summed E-state index contributed by atoms with van der Waals surface area (Å²) in [5.41, 5.74) is 1.43. The lowest BCUT2D eigenvalue weighted by atomic mass is 10.1. The SMILES string of the molecule is CCN(CC)C(CNc1ccc([N+](=O)[O-])c2cccnc12)c1ccco1. The third kappa shape index (κ3) is 3.52. The highest BCUT2D eigenvalue weighted by Crippen LogP contribution is 2.30. The maximum atomic E-state index is 11.3. The van der Waals surface area contributed by atoms with E-state index in [1.807, 2.05) is 12.1 Å². The van der Waals surface area contributed by atoms with Crippen LogP contribution in [0, 0.1) is 10.1 Å². The Morgan fingerprint density at radius 1 is 1.23 bits per heavy atom. The van der Waals surface area contributed by atoms with Crippen LogP contribution < -0.4 is 5.32 Å². The van der Waals surface area contributed by atoms with Gasteiger partial charge in [0.15, 0.2) is 0 Å². The molecule has 3 rings (SSSR count). The van der Waals surface area contributed by atoms with Crippen molar-refractivity contribution in [3.8, 4) is 0 Å². The number of nitro groups is 1. The number of hydrogen-bond donors (Lipinski definition) is 1. The molecular weight excluding hydrogens is 332 g/mol. The van der Waals surface area contributed by atoms with Crippen molar-refractivity contribution in [3.05, 3.63) is 64.7 Å². The smallest absolute Gasteiger partial charge is 0.278 e. The monoisotopic (exact) mass is 354 g/mol. The van der Waals surface area contributed by atoms with Gasteiger partial charge in [-0.1, -0.05) is 13.8 Å². The molecule has 0 saturated heterocycles. The molecule has 1 atom stereocenters. The summed E-state index contributed by atoms with van der Waals surface area (Å²) in [6.07, 6.45) is 3.32. The molecule has 26 heavy (non-hydrogen) atoms. The van der Waals surface area contributed by atoms with E-state index in [-0.39, 0.29) is 16.7 Å². The summed E-state index contributed by atoms with van der Waals surface area (Å²) in [7, 11) is 0. The maximum Gasteiger partial charge on any atom is 0.278 e. The molecule has 0 bridgehead atoms. The normalized spacial score (nSPS) is 12.4. The first-order chi connectivity index (χ1) is 12.7. The standard InChI is InChI=1S/C19H22N4O3/c1-3-22(4-2)17(18-8-6-12-26-18)13-21-15-9-10-16(23(24)25)14-7-5-11-20-19(14)15/h5-12,17,21H,3-4,13H2,1-2H3. The summed E-state index contributed by atoms with van der Waals surface area (Å²) in [5, 5.41) is 15.2. The fraction of sp³-hybridized carbons (Fsp3) is 0.316. The van der Waals surface area contributed by atoms with Crippen LogP contribution in [0.3, 0.4) is 0 Å². The lowest BCUT2D eigenvalue weighted by Gasteiger charge is -2.28. The molecule has 7 nitrogen and oxygen atoms in total. The third-order valence-corrected chi connectivity index (χ3v) is 4.55. The molecule has 0 fully saturated rings. The van der Waals surface area contributed by atoms with Crippen molar-refractivity contribution in [2.45, 2.75) is 19.9 Å². The Morgan fingerprint density at radius 3 is 2.69 bits per heavy atom. The molecule has 3 aromatic rings. The van der Waals surface area contributed by atoms with E-state index in [0.717, 1.165) is 24.5 Å².